The fourth-order valence-corrected chi connectivity index (χ4v) is 5.87. The van der Waals surface area contributed by atoms with Crippen LogP contribution in [0.25, 0.3) is 0 Å². The number of amides is 1. The van der Waals surface area contributed by atoms with E-state index >= 15 is 0 Å². The molecule has 0 aliphatic carbocycles. The first kappa shape index (κ1) is 26.5. The summed E-state index contributed by atoms with van der Waals surface area (Å²) in [5.41, 5.74) is 2.70. The number of fused-ring (bicyclic) bond motifs is 1. The average Bonchev–Trinajstić information content (AvgIpc) is 2.85. The molecule has 2 aliphatic heterocycles. The van der Waals surface area contributed by atoms with E-state index in [4.69, 9.17) is 0 Å². The van der Waals surface area contributed by atoms with Gasteiger partial charge in [-0.25, -0.2) is 0 Å². The summed E-state index contributed by atoms with van der Waals surface area (Å²) in [7, 11) is 0. The van der Waals surface area contributed by atoms with Gasteiger partial charge in [-0.15, -0.1) is 0 Å². The maximum atomic E-state index is 13.6. The minimum Gasteiger partial charge on any atom is -0.508 e. The average molecular weight is 494 g/mol. The van der Waals surface area contributed by atoms with Gasteiger partial charge in [-0.2, -0.15) is 0 Å². The van der Waals surface area contributed by atoms with Gasteiger partial charge in [0.25, 0.3) is 0 Å². The zero-order valence-electron chi connectivity index (χ0n) is 22.5. The lowest BCUT2D eigenvalue weighted by atomic mass is 9.68. The molecule has 5 atom stereocenters. The smallest absolute Gasteiger partial charge is 0.240 e. The Hall–Kier alpha value is -2.57. The highest BCUT2D eigenvalue weighted by Gasteiger charge is 2.41. The van der Waals surface area contributed by atoms with Crippen LogP contribution in [-0.2, 0) is 23.2 Å². The molecule has 1 amide bonds. The standard InChI is InChI=1S/C30H43N3O3/c1-6-20(2)27(32-28(36)30(5)16-22-10-11-26(35)14-23(22)17-31-30)19-33-13-12-29(4,21(3)18-33)24-8-7-9-25(34)15-24/h7-11,14-15,20-21,27,31,34-35H,6,12-13,16-19H2,1-5H3,(H,32,36)/t20-,21-,27+,29+,30+/m0/s1. The monoisotopic (exact) mass is 493 g/mol. The first-order valence-corrected chi connectivity index (χ1v) is 13.4. The minimum absolute atomic E-state index is 0.0195. The van der Waals surface area contributed by atoms with Gasteiger partial charge in [0.1, 0.15) is 11.5 Å². The van der Waals surface area contributed by atoms with Crippen LogP contribution in [0.3, 0.4) is 0 Å². The topological polar surface area (TPSA) is 84.8 Å². The molecular formula is C30H43N3O3. The van der Waals surface area contributed by atoms with Crippen LogP contribution in [0.5, 0.6) is 11.5 Å². The highest BCUT2D eigenvalue weighted by molar-refractivity contribution is 5.87. The normalized spacial score (nSPS) is 28.2. The SMILES string of the molecule is CC[C@H](C)[C@@H](CN1CC[C@@](C)(c2cccc(O)c2)[C@@H](C)C1)NC(=O)[C@@]1(C)Cc2ccc(O)cc2CN1. The van der Waals surface area contributed by atoms with E-state index < -0.39 is 5.54 Å². The number of phenolic OH excluding ortho intramolecular Hbond substituents is 2. The third kappa shape index (κ3) is 5.40. The summed E-state index contributed by atoms with van der Waals surface area (Å²) >= 11 is 0. The number of carbonyl (C=O) groups excluding carboxylic acids is 1. The van der Waals surface area contributed by atoms with Gasteiger partial charge in [0, 0.05) is 25.7 Å². The largest absolute Gasteiger partial charge is 0.508 e. The Kier molecular flexibility index (Phi) is 7.67. The molecule has 2 aromatic carbocycles. The quantitative estimate of drug-likeness (QED) is 0.461. The number of phenols is 2. The van der Waals surface area contributed by atoms with Gasteiger partial charge in [0.2, 0.25) is 5.91 Å². The molecular weight excluding hydrogens is 450 g/mol. The van der Waals surface area contributed by atoms with Crippen LogP contribution in [0.4, 0.5) is 0 Å². The number of nitrogens with one attached hydrogen (secondary N) is 2. The summed E-state index contributed by atoms with van der Waals surface area (Å²) in [6.45, 7) is 14.3. The number of hydrogen-bond donors (Lipinski definition) is 4. The van der Waals surface area contributed by atoms with E-state index in [1.54, 1.807) is 18.2 Å². The molecule has 1 saturated heterocycles. The van der Waals surface area contributed by atoms with E-state index in [2.05, 4.69) is 49.3 Å². The van der Waals surface area contributed by atoms with Crippen molar-refractivity contribution in [3.8, 4) is 11.5 Å². The fraction of sp³-hybridized carbons (Fsp3) is 0.567. The van der Waals surface area contributed by atoms with Gasteiger partial charge in [-0.05, 0) is 84.5 Å². The van der Waals surface area contributed by atoms with Crippen molar-refractivity contribution < 1.29 is 15.0 Å². The van der Waals surface area contributed by atoms with Crippen LogP contribution in [0.2, 0.25) is 0 Å². The number of piperidine rings is 1. The first-order valence-electron chi connectivity index (χ1n) is 13.4. The Labute approximate surface area is 216 Å². The van der Waals surface area contributed by atoms with Crippen molar-refractivity contribution in [1.82, 2.24) is 15.5 Å². The van der Waals surface area contributed by atoms with Gasteiger partial charge in [0.15, 0.2) is 0 Å². The summed E-state index contributed by atoms with van der Waals surface area (Å²) in [4.78, 5) is 16.1. The Morgan fingerprint density at radius 2 is 1.92 bits per heavy atom. The van der Waals surface area contributed by atoms with E-state index in [1.807, 2.05) is 25.1 Å². The van der Waals surface area contributed by atoms with Crippen LogP contribution in [0.1, 0.15) is 64.2 Å². The highest BCUT2D eigenvalue weighted by atomic mass is 16.3. The first-order chi connectivity index (χ1) is 17.0. The number of carbonyl (C=O) groups is 1. The number of hydrogen-bond acceptors (Lipinski definition) is 5. The van der Waals surface area contributed by atoms with Crippen LogP contribution >= 0.6 is 0 Å². The van der Waals surface area contributed by atoms with Gasteiger partial charge >= 0.3 is 0 Å². The van der Waals surface area contributed by atoms with Crippen LogP contribution < -0.4 is 10.6 Å². The van der Waals surface area contributed by atoms with E-state index in [1.165, 1.54) is 5.56 Å². The summed E-state index contributed by atoms with van der Waals surface area (Å²) in [5.74, 6) is 1.41. The van der Waals surface area contributed by atoms with E-state index in [9.17, 15) is 15.0 Å². The molecule has 0 saturated carbocycles. The third-order valence-corrected chi connectivity index (χ3v) is 9.08. The number of rotatable bonds is 7. The van der Waals surface area contributed by atoms with Gasteiger partial charge in [-0.1, -0.05) is 52.3 Å². The summed E-state index contributed by atoms with van der Waals surface area (Å²) < 4.78 is 0. The maximum absolute atomic E-state index is 13.6. The zero-order chi connectivity index (χ0) is 26.1. The van der Waals surface area contributed by atoms with Crippen molar-refractivity contribution in [3.63, 3.8) is 0 Å². The van der Waals surface area contributed by atoms with Crippen molar-refractivity contribution in [2.24, 2.45) is 11.8 Å². The van der Waals surface area contributed by atoms with Crippen molar-refractivity contribution in [3.05, 3.63) is 59.2 Å². The van der Waals surface area contributed by atoms with Crippen molar-refractivity contribution in [2.45, 2.75) is 77.4 Å². The van der Waals surface area contributed by atoms with Crippen LogP contribution in [0, 0.1) is 11.8 Å². The predicted molar refractivity (Wildman–Crippen MR) is 144 cm³/mol. The second kappa shape index (κ2) is 10.4. The molecule has 0 spiro atoms. The van der Waals surface area contributed by atoms with Crippen molar-refractivity contribution >= 4 is 5.91 Å². The number of nitrogens with zero attached hydrogens (tertiary/aromatic N) is 1. The molecule has 4 N–H and O–H groups in total. The molecule has 196 valence electrons. The highest BCUT2D eigenvalue weighted by Crippen LogP contribution is 2.40. The van der Waals surface area contributed by atoms with E-state index in [0.717, 1.165) is 43.6 Å². The number of likely N-dealkylation sites (tertiary alicyclic amines) is 1. The van der Waals surface area contributed by atoms with E-state index in [0.29, 0.717) is 30.6 Å². The number of benzene rings is 2. The molecule has 2 heterocycles. The predicted octanol–water partition coefficient (Wildman–Crippen LogP) is 4.33. The lowest BCUT2D eigenvalue weighted by Gasteiger charge is -2.46. The molecule has 1 fully saturated rings. The molecule has 6 heteroatoms. The summed E-state index contributed by atoms with van der Waals surface area (Å²) in [5, 5.41) is 26.7. The lowest BCUT2D eigenvalue weighted by molar-refractivity contribution is -0.128. The second-order valence-electron chi connectivity index (χ2n) is 11.7. The van der Waals surface area contributed by atoms with Gasteiger partial charge in [0.05, 0.1) is 5.54 Å². The molecule has 0 unspecified atom stereocenters. The molecule has 2 aromatic rings. The molecule has 0 aromatic heterocycles. The van der Waals surface area contributed by atoms with Crippen LogP contribution in [-0.4, -0.2) is 52.2 Å². The Bertz CT molecular complexity index is 1090. The van der Waals surface area contributed by atoms with Crippen molar-refractivity contribution in [1.29, 1.82) is 0 Å². The van der Waals surface area contributed by atoms with Crippen LogP contribution in [0.15, 0.2) is 42.5 Å². The maximum Gasteiger partial charge on any atom is 0.240 e. The fourth-order valence-electron chi connectivity index (χ4n) is 5.87. The third-order valence-electron chi connectivity index (χ3n) is 9.08. The minimum atomic E-state index is -0.682. The van der Waals surface area contributed by atoms with Gasteiger partial charge in [-0.3, -0.25) is 10.1 Å². The molecule has 6 nitrogen and oxygen atoms in total. The molecule has 0 bridgehead atoms. The Balaban J connectivity index is 1.42. The summed E-state index contributed by atoms with van der Waals surface area (Å²) in [6, 6.07) is 13.2. The Morgan fingerprint density at radius 3 is 2.61 bits per heavy atom. The second-order valence-corrected chi connectivity index (χ2v) is 11.7. The lowest BCUT2D eigenvalue weighted by Crippen LogP contribution is -2.62. The Morgan fingerprint density at radius 1 is 1.17 bits per heavy atom. The molecule has 4 rings (SSSR count). The zero-order valence-corrected chi connectivity index (χ0v) is 22.5. The molecule has 2 aliphatic rings. The molecule has 0 radical (unpaired) electrons. The van der Waals surface area contributed by atoms with Crippen molar-refractivity contribution in [2.75, 3.05) is 19.6 Å². The van der Waals surface area contributed by atoms with E-state index in [-0.39, 0.29) is 23.1 Å². The molecule has 36 heavy (non-hydrogen) atoms. The van der Waals surface area contributed by atoms with Gasteiger partial charge < -0.3 is 20.4 Å². The summed E-state index contributed by atoms with van der Waals surface area (Å²) in [6.07, 6.45) is 2.62. The number of aromatic hydroxyl groups is 2.